The van der Waals surface area contributed by atoms with Crippen molar-refractivity contribution in [1.29, 1.82) is 0 Å². The molecule has 0 radical (unpaired) electrons. The third kappa shape index (κ3) is 4.88. The second-order valence-corrected chi connectivity index (χ2v) is 8.95. The van der Waals surface area contributed by atoms with Crippen LogP contribution in [-0.4, -0.2) is 54.5 Å². The van der Waals surface area contributed by atoms with Crippen LogP contribution in [0, 0.1) is 0 Å². The molecule has 5 rings (SSSR count). The molecule has 0 atom stereocenters. The fraction of sp³-hybridized carbons (Fsp3) is 0.250. The number of rotatable bonds is 9. The summed E-state index contributed by atoms with van der Waals surface area (Å²) in [6, 6.07) is 15.0. The first-order valence-corrected chi connectivity index (χ1v) is 12.8. The van der Waals surface area contributed by atoms with Gasteiger partial charge in [0.25, 0.3) is 0 Å². The fourth-order valence-electron chi connectivity index (χ4n) is 4.53. The molecule has 0 amide bonds. The minimum Gasteiger partial charge on any atom is -0.497 e. The van der Waals surface area contributed by atoms with Crippen LogP contribution in [0.3, 0.4) is 0 Å². The second-order valence-electron chi connectivity index (χ2n) is 8.42. The van der Waals surface area contributed by atoms with E-state index in [4.69, 9.17) is 28.4 Å². The number of nitrogens with zero attached hydrogens (tertiary/aromatic N) is 3. The molecule has 0 aliphatic rings. The van der Waals surface area contributed by atoms with Gasteiger partial charge in [0, 0.05) is 17.0 Å². The molecule has 0 saturated heterocycles. The van der Waals surface area contributed by atoms with Crippen molar-refractivity contribution in [2.45, 2.75) is 13.5 Å². The van der Waals surface area contributed by atoms with Crippen molar-refractivity contribution in [2.75, 3.05) is 35.0 Å². The van der Waals surface area contributed by atoms with E-state index in [1.807, 2.05) is 53.1 Å². The molecule has 2 aromatic heterocycles. The van der Waals surface area contributed by atoms with E-state index in [2.05, 4.69) is 8.75 Å². The fourth-order valence-corrected chi connectivity index (χ4v) is 5.05. The minimum atomic E-state index is -0.823. The Morgan fingerprint density at radius 1 is 0.846 bits per heavy atom. The van der Waals surface area contributed by atoms with Gasteiger partial charge in [-0.05, 0) is 48.9 Å². The Morgan fingerprint density at radius 3 is 2.31 bits per heavy atom. The first kappa shape index (κ1) is 26.1. The predicted molar refractivity (Wildman–Crippen MR) is 148 cm³/mol. The molecule has 0 aliphatic heterocycles. The van der Waals surface area contributed by atoms with E-state index in [0.29, 0.717) is 28.6 Å². The Hall–Kier alpha value is -4.51. The molecule has 10 nitrogen and oxygen atoms in total. The monoisotopic (exact) mass is 549 g/mol. The van der Waals surface area contributed by atoms with Crippen LogP contribution in [0.4, 0.5) is 4.79 Å². The number of hydrogen-bond donors (Lipinski definition) is 0. The third-order valence-electron chi connectivity index (χ3n) is 6.32. The molecule has 39 heavy (non-hydrogen) atoms. The van der Waals surface area contributed by atoms with Gasteiger partial charge in [-0.25, -0.2) is 4.79 Å². The number of ether oxygens (including phenoxy) is 6. The van der Waals surface area contributed by atoms with Crippen LogP contribution in [0.1, 0.15) is 12.5 Å². The van der Waals surface area contributed by atoms with Crippen molar-refractivity contribution in [1.82, 2.24) is 13.3 Å². The second kappa shape index (κ2) is 11.1. The van der Waals surface area contributed by atoms with E-state index < -0.39 is 6.16 Å². The average Bonchev–Trinajstić information content (AvgIpc) is 3.54. The molecule has 11 heteroatoms. The number of carbonyl (C=O) groups is 1. The molecular weight excluding hydrogens is 522 g/mol. The van der Waals surface area contributed by atoms with Gasteiger partial charge in [0.1, 0.15) is 22.5 Å². The molecule has 5 aromatic rings. The first-order valence-electron chi connectivity index (χ1n) is 12.1. The van der Waals surface area contributed by atoms with Gasteiger partial charge in [-0.2, -0.15) is 8.75 Å². The van der Waals surface area contributed by atoms with Crippen LogP contribution in [-0.2, 0) is 11.3 Å². The summed E-state index contributed by atoms with van der Waals surface area (Å²) in [7, 11) is 6.35. The summed E-state index contributed by atoms with van der Waals surface area (Å²) in [6.07, 6.45) is -0.823. The molecule has 2 heterocycles. The highest BCUT2D eigenvalue weighted by atomic mass is 32.1. The van der Waals surface area contributed by atoms with Gasteiger partial charge in [-0.1, -0.05) is 6.07 Å². The average molecular weight is 550 g/mol. The van der Waals surface area contributed by atoms with E-state index in [1.165, 1.54) is 0 Å². The standard InChI is InChI=1S/C28H27N3O7S/c1-6-37-28(32)38-27-26(16-7-9-20-21(12-16)30-39-29-20)19-13-24(35-4)25(36-5)14-22(19)31(27)15-17-11-18(33-2)8-10-23(17)34-3/h7-14H,6,15H2,1-5H3. The number of hydrogen-bond acceptors (Lipinski definition) is 10. The zero-order valence-electron chi connectivity index (χ0n) is 22.1. The maximum absolute atomic E-state index is 12.7. The number of benzene rings is 3. The summed E-state index contributed by atoms with van der Waals surface area (Å²) in [5.41, 5.74) is 4.50. The molecule has 0 N–H and O–H groups in total. The zero-order valence-corrected chi connectivity index (χ0v) is 23.0. The molecule has 0 spiro atoms. The van der Waals surface area contributed by atoms with Gasteiger partial charge in [0.2, 0.25) is 5.88 Å². The van der Waals surface area contributed by atoms with Crippen molar-refractivity contribution in [3.63, 3.8) is 0 Å². The molecule has 0 bridgehead atoms. The lowest BCUT2D eigenvalue weighted by atomic mass is 10.0. The van der Waals surface area contributed by atoms with Crippen molar-refractivity contribution < 1.29 is 33.2 Å². The lowest BCUT2D eigenvalue weighted by molar-refractivity contribution is 0.101. The van der Waals surface area contributed by atoms with Crippen molar-refractivity contribution >= 4 is 39.8 Å². The van der Waals surface area contributed by atoms with Crippen molar-refractivity contribution in [2.24, 2.45) is 0 Å². The summed E-state index contributed by atoms with van der Waals surface area (Å²) < 4.78 is 44.0. The van der Waals surface area contributed by atoms with E-state index >= 15 is 0 Å². The molecule has 3 aromatic carbocycles. The molecule has 0 unspecified atom stereocenters. The molecule has 0 saturated carbocycles. The van der Waals surface area contributed by atoms with Gasteiger partial charge in [-0.3, -0.25) is 0 Å². The summed E-state index contributed by atoms with van der Waals surface area (Å²) in [4.78, 5) is 12.7. The lowest BCUT2D eigenvalue weighted by Crippen LogP contribution is -2.14. The zero-order chi connectivity index (χ0) is 27.5. The maximum Gasteiger partial charge on any atom is 0.515 e. The van der Waals surface area contributed by atoms with Gasteiger partial charge >= 0.3 is 6.16 Å². The number of carbonyl (C=O) groups excluding carboxylic acids is 1. The molecule has 202 valence electrons. The summed E-state index contributed by atoms with van der Waals surface area (Å²) in [5, 5.41) is 0.774. The van der Waals surface area contributed by atoms with Crippen LogP contribution >= 0.6 is 11.7 Å². The maximum atomic E-state index is 12.7. The smallest absolute Gasteiger partial charge is 0.497 e. The van der Waals surface area contributed by atoms with Crippen LogP contribution in [0.25, 0.3) is 33.1 Å². The molecular formula is C28H27N3O7S. The van der Waals surface area contributed by atoms with E-state index in [-0.39, 0.29) is 19.0 Å². The van der Waals surface area contributed by atoms with Gasteiger partial charge in [-0.15, -0.1) is 0 Å². The van der Waals surface area contributed by atoms with Gasteiger partial charge in [0.15, 0.2) is 11.5 Å². The van der Waals surface area contributed by atoms with Crippen LogP contribution in [0.2, 0.25) is 0 Å². The van der Waals surface area contributed by atoms with Crippen LogP contribution < -0.4 is 23.7 Å². The number of aromatic nitrogens is 3. The minimum absolute atomic E-state index is 0.163. The Kier molecular flexibility index (Phi) is 7.42. The van der Waals surface area contributed by atoms with E-state index in [0.717, 1.165) is 44.8 Å². The normalized spacial score (nSPS) is 11.0. The van der Waals surface area contributed by atoms with E-state index in [9.17, 15) is 4.79 Å². The lowest BCUT2D eigenvalue weighted by Gasteiger charge is -2.15. The number of fused-ring (bicyclic) bond motifs is 2. The van der Waals surface area contributed by atoms with Gasteiger partial charge < -0.3 is 33.0 Å². The van der Waals surface area contributed by atoms with Crippen molar-refractivity contribution in [3.05, 3.63) is 54.1 Å². The Balaban J connectivity index is 1.83. The molecule has 0 aliphatic carbocycles. The van der Waals surface area contributed by atoms with Crippen LogP contribution in [0.15, 0.2) is 48.5 Å². The SMILES string of the molecule is CCOC(=O)Oc1c(-c2ccc3nsnc3c2)c2cc(OC)c(OC)cc2n1Cc1cc(OC)ccc1OC. The topological polar surface area (TPSA) is 103 Å². The summed E-state index contributed by atoms with van der Waals surface area (Å²) in [6.45, 7) is 2.16. The Labute approximate surface area is 228 Å². The quantitative estimate of drug-likeness (QED) is 0.207. The first-order chi connectivity index (χ1) is 19.0. The predicted octanol–water partition coefficient (Wildman–Crippen LogP) is 5.93. The highest BCUT2D eigenvalue weighted by Gasteiger charge is 2.26. The summed E-state index contributed by atoms with van der Waals surface area (Å²) in [5.74, 6) is 2.65. The van der Waals surface area contributed by atoms with Crippen LogP contribution in [0.5, 0.6) is 28.9 Å². The highest BCUT2D eigenvalue weighted by molar-refractivity contribution is 7.00. The summed E-state index contributed by atoms with van der Waals surface area (Å²) >= 11 is 1.13. The van der Waals surface area contributed by atoms with Gasteiger partial charge in [0.05, 0.1) is 64.4 Å². The third-order valence-corrected chi connectivity index (χ3v) is 6.88. The van der Waals surface area contributed by atoms with E-state index in [1.54, 1.807) is 35.4 Å². The highest BCUT2D eigenvalue weighted by Crippen LogP contribution is 2.46. The van der Waals surface area contributed by atoms with Crippen molar-refractivity contribution in [3.8, 4) is 40.0 Å². The largest absolute Gasteiger partial charge is 0.515 e. The molecule has 0 fully saturated rings. The Bertz CT molecular complexity index is 1660. The number of methoxy groups -OCH3 is 4. The Morgan fingerprint density at radius 2 is 1.59 bits per heavy atom.